The second kappa shape index (κ2) is 16.4. The number of hydrogen-bond donors (Lipinski definition) is 1. The van der Waals surface area contributed by atoms with E-state index in [1.165, 1.54) is 12.1 Å². The monoisotopic (exact) mass is 714 g/mol. The molecule has 254 valence electrons. The Kier molecular flexibility index (Phi) is 12.0. The summed E-state index contributed by atoms with van der Waals surface area (Å²) in [6, 6.07) is 25.6. The zero-order valence-electron chi connectivity index (χ0n) is 26.8. The van der Waals surface area contributed by atoms with Crippen molar-refractivity contribution >= 4 is 50.2 Å². The van der Waals surface area contributed by atoms with Crippen molar-refractivity contribution in [1.82, 2.24) is 0 Å². The largest absolute Gasteiger partial charge is 0.768 e. The standard InChI is InChI=1S/C37H36N2O7S3/c1-3-38(24-26-7-5-9-33(21-26)47(41)42)30-15-11-28(12-16-30)37(35-20-19-32(40)23-36(35)49(45)46)29-13-17-31(18-14-29)39(4-2)25-27-8-6-10-34(22-27)48(43)44/h5-23H,3-4,24-25H2,1-2H3,(H3,41,42,43,44,45,46)/p-2. The maximum absolute atomic E-state index is 12.4. The highest BCUT2D eigenvalue weighted by molar-refractivity contribution is 7.79. The summed E-state index contributed by atoms with van der Waals surface area (Å²) < 4.78 is 72.8. The van der Waals surface area contributed by atoms with Gasteiger partial charge in [0.05, 0.1) is 0 Å². The molecule has 0 amide bonds. The number of nitrogens with zero attached hydrogens (tertiary/aromatic N) is 2. The van der Waals surface area contributed by atoms with E-state index in [-0.39, 0.29) is 20.4 Å². The van der Waals surface area contributed by atoms with Crippen LogP contribution in [0.25, 0.3) is 5.57 Å². The maximum Gasteiger partial charge on any atom is 0.200 e. The van der Waals surface area contributed by atoms with Crippen LogP contribution in [0.2, 0.25) is 0 Å². The maximum atomic E-state index is 12.4. The van der Waals surface area contributed by atoms with E-state index in [2.05, 4.69) is 9.48 Å². The Morgan fingerprint density at radius 3 is 1.92 bits per heavy atom. The zero-order valence-corrected chi connectivity index (χ0v) is 29.3. The fourth-order valence-electron chi connectivity index (χ4n) is 5.72. The first-order chi connectivity index (χ1) is 23.6. The molecule has 0 radical (unpaired) electrons. The van der Waals surface area contributed by atoms with Gasteiger partial charge in [-0.1, -0.05) is 36.4 Å². The van der Waals surface area contributed by atoms with E-state index in [0.717, 1.165) is 33.7 Å². The predicted molar refractivity (Wildman–Crippen MR) is 190 cm³/mol. The molecule has 4 aromatic carbocycles. The van der Waals surface area contributed by atoms with Gasteiger partial charge in [0.25, 0.3) is 0 Å². The van der Waals surface area contributed by atoms with Gasteiger partial charge in [-0.15, -0.1) is 0 Å². The molecule has 1 N–H and O–H groups in total. The Morgan fingerprint density at radius 1 is 0.735 bits per heavy atom. The second-order valence-corrected chi connectivity index (χ2v) is 14.0. The molecule has 1 aliphatic rings. The van der Waals surface area contributed by atoms with Crippen LogP contribution in [0.1, 0.15) is 36.1 Å². The third-order valence-corrected chi connectivity index (χ3v) is 10.1. The highest BCUT2D eigenvalue weighted by Gasteiger charge is 2.19. The highest BCUT2D eigenvalue weighted by Crippen LogP contribution is 2.35. The lowest BCUT2D eigenvalue weighted by atomic mass is 9.90. The van der Waals surface area contributed by atoms with Crippen LogP contribution in [-0.4, -0.2) is 54.8 Å². The lowest BCUT2D eigenvalue weighted by Crippen LogP contribution is -2.22. The number of benzene rings is 4. The Balaban J connectivity index is 1.53. The summed E-state index contributed by atoms with van der Waals surface area (Å²) in [5.41, 5.74) is 6.08. The van der Waals surface area contributed by atoms with Gasteiger partial charge in [0.2, 0.25) is 0 Å². The molecule has 3 unspecified atom stereocenters. The van der Waals surface area contributed by atoms with E-state index < -0.39 is 33.2 Å². The van der Waals surface area contributed by atoms with Crippen molar-refractivity contribution in [2.24, 2.45) is 0 Å². The van der Waals surface area contributed by atoms with Gasteiger partial charge in [-0.3, -0.25) is 12.6 Å². The van der Waals surface area contributed by atoms with Gasteiger partial charge in [-0.2, -0.15) is 0 Å². The van der Waals surface area contributed by atoms with Crippen molar-refractivity contribution in [3.05, 3.63) is 143 Å². The Hall–Kier alpha value is -4.30. The van der Waals surface area contributed by atoms with Crippen molar-refractivity contribution in [3.8, 4) is 5.75 Å². The molecule has 0 aromatic heterocycles. The van der Waals surface area contributed by atoms with Crippen molar-refractivity contribution in [2.45, 2.75) is 41.6 Å². The van der Waals surface area contributed by atoms with Gasteiger partial charge in [0, 0.05) is 51.2 Å². The molecule has 0 saturated heterocycles. The molecular formula is C37H34N2O7S3-2. The number of rotatable bonds is 12. The molecule has 0 fully saturated rings. The van der Waals surface area contributed by atoms with E-state index >= 15 is 0 Å². The lowest BCUT2D eigenvalue weighted by Gasteiger charge is -2.24. The fourth-order valence-corrected chi connectivity index (χ4v) is 7.16. The second-order valence-electron chi connectivity index (χ2n) is 11.2. The molecule has 1 aliphatic carbocycles. The average Bonchev–Trinajstić information content (AvgIpc) is 3.11. The third kappa shape index (κ3) is 8.84. The minimum atomic E-state index is -2.64. The van der Waals surface area contributed by atoms with E-state index in [1.807, 2.05) is 74.5 Å². The summed E-state index contributed by atoms with van der Waals surface area (Å²) >= 11 is -7.28. The molecule has 0 aliphatic heterocycles. The average molecular weight is 715 g/mol. The van der Waals surface area contributed by atoms with Crippen molar-refractivity contribution < 1.29 is 36.0 Å². The van der Waals surface area contributed by atoms with Gasteiger partial charge in [0.1, 0.15) is 12.3 Å². The molecule has 3 atom stereocenters. The van der Waals surface area contributed by atoms with E-state index in [1.54, 1.807) is 42.5 Å². The smallest absolute Gasteiger partial charge is 0.200 e. The molecule has 0 spiro atoms. The fraction of sp³-hybridized carbons (Fsp3) is 0.162. The topological polar surface area (TPSA) is 147 Å². The van der Waals surface area contributed by atoms with Crippen LogP contribution < -0.4 is 4.90 Å². The summed E-state index contributed by atoms with van der Waals surface area (Å²) in [5.74, 6) is -0.167. The van der Waals surface area contributed by atoms with Crippen LogP contribution in [-0.2, 0) is 46.3 Å². The summed E-state index contributed by atoms with van der Waals surface area (Å²) in [7, 11) is 0. The number of anilines is 1. The Bertz CT molecular complexity index is 2040. The molecule has 9 nitrogen and oxygen atoms in total. The van der Waals surface area contributed by atoms with E-state index in [0.29, 0.717) is 37.3 Å². The lowest BCUT2D eigenvalue weighted by molar-refractivity contribution is -0.539. The number of allylic oxidation sites excluding steroid dienone is 5. The summed E-state index contributed by atoms with van der Waals surface area (Å²) in [6.07, 6.45) is 7.72. The molecule has 49 heavy (non-hydrogen) atoms. The van der Waals surface area contributed by atoms with Crippen LogP contribution >= 0.6 is 0 Å². The van der Waals surface area contributed by atoms with E-state index in [9.17, 15) is 31.4 Å². The number of phenols is 1. The number of aromatic hydroxyl groups is 1. The van der Waals surface area contributed by atoms with Crippen LogP contribution in [0.15, 0.2) is 136 Å². The van der Waals surface area contributed by atoms with Gasteiger partial charge in [-0.25, -0.2) is 4.58 Å². The molecule has 12 heteroatoms. The predicted octanol–water partition coefficient (Wildman–Crippen LogP) is 5.73. The Morgan fingerprint density at radius 2 is 1.35 bits per heavy atom. The van der Waals surface area contributed by atoms with Gasteiger partial charge in [-0.05, 0) is 142 Å². The Labute approximate surface area is 293 Å². The van der Waals surface area contributed by atoms with Crippen molar-refractivity contribution in [3.63, 3.8) is 0 Å². The number of phenolic OH excluding ortho intramolecular Hbond substituents is 1. The van der Waals surface area contributed by atoms with E-state index in [4.69, 9.17) is 0 Å². The number of hydrogen-bond acceptors (Lipinski definition) is 8. The van der Waals surface area contributed by atoms with Crippen molar-refractivity contribution in [1.29, 1.82) is 0 Å². The summed E-state index contributed by atoms with van der Waals surface area (Å²) in [6.45, 7) is 6.32. The summed E-state index contributed by atoms with van der Waals surface area (Å²) in [5, 5.41) is 10.1. The first-order valence-electron chi connectivity index (χ1n) is 15.4. The zero-order chi connectivity index (χ0) is 35.1. The molecule has 0 saturated carbocycles. The highest BCUT2D eigenvalue weighted by atomic mass is 32.2. The quantitative estimate of drug-likeness (QED) is 0.145. The van der Waals surface area contributed by atoms with Crippen LogP contribution in [0.4, 0.5) is 5.69 Å². The van der Waals surface area contributed by atoms with Crippen LogP contribution in [0.3, 0.4) is 0 Å². The van der Waals surface area contributed by atoms with Gasteiger partial charge < -0.3 is 23.7 Å². The normalized spacial score (nSPS) is 14.4. The first-order valence-corrected chi connectivity index (χ1v) is 18.7. The SMILES string of the molecule is CCN(Cc1cccc(S(=O)[O-])c1)c1ccc(C(=C2C=CC(=[N+](CC)Cc3cccc(S(=O)[O-])c3)C=C2)c2ccc(O)cc2S(=O)[O-])cc1. The van der Waals surface area contributed by atoms with Crippen molar-refractivity contribution in [2.75, 3.05) is 18.0 Å². The van der Waals surface area contributed by atoms with Crippen LogP contribution in [0.5, 0.6) is 5.75 Å². The molecule has 4 aromatic rings. The molecule has 0 heterocycles. The molecular weight excluding hydrogens is 681 g/mol. The third-order valence-electron chi connectivity index (χ3n) is 8.15. The van der Waals surface area contributed by atoms with Gasteiger partial charge in [0.15, 0.2) is 12.3 Å². The minimum absolute atomic E-state index is 0.0418. The molecule has 5 rings (SSSR count). The van der Waals surface area contributed by atoms with Crippen LogP contribution in [0, 0.1) is 0 Å². The first kappa shape index (κ1) is 36.0. The summed E-state index contributed by atoms with van der Waals surface area (Å²) in [4.78, 5) is 2.51. The van der Waals surface area contributed by atoms with Gasteiger partial charge >= 0.3 is 0 Å². The minimum Gasteiger partial charge on any atom is -0.768 e. The molecule has 0 bridgehead atoms.